The molecule has 0 amide bonds. The van der Waals surface area contributed by atoms with Crippen LogP contribution in [-0.4, -0.2) is 4.57 Å². The molecule has 1 aliphatic carbocycles. The normalized spacial score (nSPS) is 17.5. The Morgan fingerprint density at radius 1 is 0.583 bits per heavy atom. The minimum atomic E-state index is 0.240. The second-order valence-corrected chi connectivity index (χ2v) is 12.7. The number of aromatic nitrogens is 1. The molecule has 1 atom stereocenters. The Bertz CT molecular complexity index is 2500. The lowest BCUT2D eigenvalue weighted by molar-refractivity contribution is 0.829. The third kappa shape index (κ3) is 4.82. The number of benzene rings is 6. The van der Waals surface area contributed by atoms with Gasteiger partial charge in [0.15, 0.2) is 0 Å². The van der Waals surface area contributed by atoms with Crippen molar-refractivity contribution < 1.29 is 0 Å². The van der Waals surface area contributed by atoms with Crippen LogP contribution >= 0.6 is 0 Å². The largest absolute Gasteiger partial charge is 0.317 e. The molecule has 6 aromatic carbocycles. The molecule has 0 saturated heterocycles. The van der Waals surface area contributed by atoms with Gasteiger partial charge in [-0.15, -0.1) is 0 Å². The van der Waals surface area contributed by atoms with Gasteiger partial charge in [0.25, 0.3) is 0 Å². The molecule has 228 valence electrons. The van der Waals surface area contributed by atoms with Crippen LogP contribution in [0.3, 0.4) is 0 Å². The highest BCUT2D eigenvalue weighted by Crippen LogP contribution is 2.41. The Hall–Kier alpha value is -6.12. The molecule has 2 heterocycles. The second-order valence-electron chi connectivity index (χ2n) is 12.7. The van der Waals surface area contributed by atoms with Crippen LogP contribution in [0.25, 0.3) is 49.4 Å². The summed E-state index contributed by atoms with van der Waals surface area (Å²) in [6, 6.07) is 50.6. The van der Waals surface area contributed by atoms with Crippen molar-refractivity contribution in [1.29, 1.82) is 0 Å². The number of rotatable bonds is 4. The van der Waals surface area contributed by atoms with Crippen molar-refractivity contribution in [3.8, 4) is 16.8 Å². The molecule has 48 heavy (non-hydrogen) atoms. The number of allylic oxidation sites excluding steroid dienone is 6. The van der Waals surface area contributed by atoms with Gasteiger partial charge in [0.2, 0.25) is 0 Å². The summed E-state index contributed by atoms with van der Waals surface area (Å²) >= 11 is 0. The summed E-state index contributed by atoms with van der Waals surface area (Å²) < 4.78 is 2.41. The first-order chi connectivity index (χ1) is 23.7. The Morgan fingerprint density at radius 2 is 1.38 bits per heavy atom. The van der Waals surface area contributed by atoms with E-state index >= 15 is 0 Å². The number of hydrogen-bond acceptors (Lipinski definition) is 1. The van der Waals surface area contributed by atoms with Gasteiger partial charge >= 0.3 is 0 Å². The van der Waals surface area contributed by atoms with Crippen LogP contribution in [0.4, 0.5) is 5.69 Å². The molecule has 1 aliphatic heterocycles. The van der Waals surface area contributed by atoms with Crippen LogP contribution < -0.4 is 4.90 Å². The number of anilines is 1. The molecule has 0 N–H and O–H groups in total. The predicted octanol–water partition coefficient (Wildman–Crippen LogP) is 12.0. The van der Waals surface area contributed by atoms with Gasteiger partial charge in [0.1, 0.15) is 0 Å². The highest BCUT2D eigenvalue weighted by Gasteiger charge is 2.24. The summed E-state index contributed by atoms with van der Waals surface area (Å²) in [5.41, 5.74) is 11.9. The van der Waals surface area contributed by atoms with E-state index in [0.29, 0.717) is 0 Å². The minimum Gasteiger partial charge on any atom is -0.317 e. The van der Waals surface area contributed by atoms with Gasteiger partial charge < -0.3 is 9.47 Å². The summed E-state index contributed by atoms with van der Waals surface area (Å²) in [6.45, 7) is 4.50. The van der Waals surface area contributed by atoms with Gasteiger partial charge in [0, 0.05) is 45.5 Å². The van der Waals surface area contributed by atoms with E-state index in [4.69, 9.17) is 0 Å². The smallest absolute Gasteiger partial charge is 0.0541 e. The van der Waals surface area contributed by atoms with Gasteiger partial charge in [-0.2, -0.15) is 0 Å². The van der Waals surface area contributed by atoms with Crippen molar-refractivity contribution in [3.63, 3.8) is 0 Å². The molecule has 0 radical (unpaired) electrons. The van der Waals surface area contributed by atoms with Crippen molar-refractivity contribution in [2.24, 2.45) is 0 Å². The Kier molecular flexibility index (Phi) is 6.80. The lowest BCUT2D eigenvalue weighted by Gasteiger charge is -2.31. The van der Waals surface area contributed by atoms with Crippen molar-refractivity contribution in [3.05, 3.63) is 205 Å². The van der Waals surface area contributed by atoms with E-state index in [0.717, 1.165) is 17.7 Å². The Morgan fingerprint density at radius 3 is 2.29 bits per heavy atom. The first kappa shape index (κ1) is 28.1. The number of nitrogens with zero attached hydrogens (tertiary/aromatic N) is 2. The van der Waals surface area contributed by atoms with E-state index in [2.05, 4.69) is 192 Å². The highest BCUT2D eigenvalue weighted by atomic mass is 15.1. The number of para-hydroxylation sites is 1. The average molecular weight is 615 g/mol. The monoisotopic (exact) mass is 614 g/mol. The fraction of sp³-hybridized carbons (Fsp3) is 0.0435. The topological polar surface area (TPSA) is 8.17 Å². The maximum absolute atomic E-state index is 4.50. The standard InChI is InChI=1S/C46H34N2/c1-32-12-9-10-27-47(39-24-21-34-15-5-6-16-35(34)28-39)44-25-22-37(30-42(32)44)38-23-26-46-43(31-38)41-19-7-8-20-45(41)48(46)40-18-11-17-36(29-40)33-13-3-2-4-14-33/h2-21,23-31,37H,1,22H2/b12-9-,27-10-. The molecule has 2 aliphatic rings. The maximum Gasteiger partial charge on any atom is 0.0541 e. The zero-order chi connectivity index (χ0) is 32.0. The molecule has 0 bridgehead atoms. The van der Waals surface area contributed by atoms with Crippen molar-refractivity contribution >= 4 is 38.3 Å². The van der Waals surface area contributed by atoms with Crippen LogP contribution in [-0.2, 0) is 0 Å². The SMILES string of the molecule is C=C1/C=C\C=C/N(c2ccc3ccccc3c2)C2=CCC(c3ccc4c(c3)c3ccccc3n4-c3cccc(-c4ccccc4)c3)C=C12. The van der Waals surface area contributed by atoms with E-state index in [1.165, 1.54) is 66.2 Å². The maximum atomic E-state index is 4.50. The number of fused-ring (bicyclic) bond motifs is 5. The van der Waals surface area contributed by atoms with Gasteiger partial charge in [0.05, 0.1) is 11.0 Å². The van der Waals surface area contributed by atoms with Crippen LogP contribution in [0, 0.1) is 0 Å². The molecule has 1 unspecified atom stereocenters. The van der Waals surface area contributed by atoms with E-state index in [1.807, 2.05) is 0 Å². The van der Waals surface area contributed by atoms with E-state index in [-0.39, 0.29) is 5.92 Å². The summed E-state index contributed by atoms with van der Waals surface area (Å²) in [6.07, 6.45) is 14.2. The van der Waals surface area contributed by atoms with Gasteiger partial charge in [-0.05, 0) is 88.0 Å². The van der Waals surface area contributed by atoms with Crippen LogP contribution in [0.15, 0.2) is 200 Å². The molecule has 0 saturated carbocycles. The molecule has 7 aromatic rings. The molecule has 1 aromatic heterocycles. The van der Waals surface area contributed by atoms with E-state index in [9.17, 15) is 0 Å². The molecule has 0 spiro atoms. The predicted molar refractivity (Wildman–Crippen MR) is 204 cm³/mol. The van der Waals surface area contributed by atoms with Crippen LogP contribution in [0.1, 0.15) is 17.9 Å². The number of hydrogen-bond donors (Lipinski definition) is 0. The highest BCUT2D eigenvalue weighted by molar-refractivity contribution is 6.09. The Balaban J connectivity index is 1.12. The van der Waals surface area contributed by atoms with Gasteiger partial charge in [-0.3, -0.25) is 0 Å². The second kappa shape index (κ2) is 11.6. The van der Waals surface area contributed by atoms with Crippen molar-refractivity contribution in [2.75, 3.05) is 4.90 Å². The van der Waals surface area contributed by atoms with E-state index < -0.39 is 0 Å². The third-order valence-corrected chi connectivity index (χ3v) is 9.81. The van der Waals surface area contributed by atoms with Gasteiger partial charge in [-0.1, -0.05) is 128 Å². The summed E-state index contributed by atoms with van der Waals surface area (Å²) in [5.74, 6) is 0.240. The fourth-order valence-corrected chi connectivity index (χ4v) is 7.42. The molecule has 2 heteroatoms. The zero-order valence-corrected chi connectivity index (χ0v) is 26.6. The quantitative estimate of drug-likeness (QED) is 0.191. The lowest BCUT2D eigenvalue weighted by atomic mass is 9.84. The summed E-state index contributed by atoms with van der Waals surface area (Å²) in [4.78, 5) is 2.31. The lowest BCUT2D eigenvalue weighted by Crippen LogP contribution is -2.21. The van der Waals surface area contributed by atoms with E-state index in [1.54, 1.807) is 0 Å². The van der Waals surface area contributed by atoms with Gasteiger partial charge in [-0.25, -0.2) is 0 Å². The molecular formula is C46H34N2. The Labute approximate surface area is 281 Å². The third-order valence-electron chi connectivity index (χ3n) is 9.81. The minimum absolute atomic E-state index is 0.240. The summed E-state index contributed by atoms with van der Waals surface area (Å²) in [5, 5.41) is 5.03. The van der Waals surface area contributed by atoms with Crippen molar-refractivity contribution in [1.82, 2.24) is 4.57 Å². The average Bonchev–Trinajstić information content (AvgIpc) is 3.48. The molecular weight excluding hydrogens is 581 g/mol. The molecule has 2 nitrogen and oxygen atoms in total. The molecule has 0 fully saturated rings. The van der Waals surface area contributed by atoms with Crippen LogP contribution in [0.2, 0.25) is 0 Å². The van der Waals surface area contributed by atoms with Crippen LogP contribution in [0.5, 0.6) is 0 Å². The zero-order valence-electron chi connectivity index (χ0n) is 26.6. The fourth-order valence-electron chi connectivity index (χ4n) is 7.42. The first-order valence-corrected chi connectivity index (χ1v) is 16.6. The van der Waals surface area contributed by atoms with Crippen molar-refractivity contribution in [2.45, 2.75) is 12.3 Å². The first-order valence-electron chi connectivity index (χ1n) is 16.6. The summed E-state index contributed by atoms with van der Waals surface area (Å²) in [7, 11) is 0. The molecule has 9 rings (SSSR count).